The third kappa shape index (κ3) is 5.50. The molecule has 4 N–H and O–H groups in total. The fourth-order valence-corrected chi connectivity index (χ4v) is 4.03. The van der Waals surface area contributed by atoms with Gasteiger partial charge in [-0.15, -0.1) is 0 Å². The van der Waals surface area contributed by atoms with E-state index < -0.39 is 29.8 Å². The summed E-state index contributed by atoms with van der Waals surface area (Å²) < 4.78 is 0. The molecule has 1 fully saturated rings. The van der Waals surface area contributed by atoms with E-state index in [-0.39, 0.29) is 18.4 Å². The van der Waals surface area contributed by atoms with Crippen LogP contribution in [0, 0.1) is 5.92 Å². The van der Waals surface area contributed by atoms with Gasteiger partial charge in [0.1, 0.15) is 12.1 Å². The number of rotatable bonds is 7. The van der Waals surface area contributed by atoms with E-state index in [9.17, 15) is 19.2 Å². The highest BCUT2D eigenvalue weighted by Gasteiger charge is 2.35. The van der Waals surface area contributed by atoms with Gasteiger partial charge < -0.3 is 16.0 Å². The molecule has 1 aliphatic heterocycles. The van der Waals surface area contributed by atoms with Crippen LogP contribution >= 0.6 is 0 Å². The molecular weight excluding hydrogens is 408 g/mol. The van der Waals surface area contributed by atoms with Crippen molar-refractivity contribution in [2.24, 2.45) is 11.7 Å². The molecule has 8 nitrogen and oxygen atoms in total. The predicted molar refractivity (Wildman–Crippen MR) is 122 cm³/mol. The van der Waals surface area contributed by atoms with Crippen molar-refractivity contribution in [2.75, 3.05) is 13.1 Å². The third-order valence-corrected chi connectivity index (χ3v) is 5.64. The van der Waals surface area contributed by atoms with Crippen LogP contribution in [0.1, 0.15) is 43.5 Å². The number of nitrogens with one attached hydrogen (secondary N) is 2. The minimum Gasteiger partial charge on any atom is -0.342 e. The van der Waals surface area contributed by atoms with Crippen LogP contribution in [0.3, 0.4) is 0 Å². The SMILES string of the molecule is CC(C)C[C@H](NC(=O)[C@@H]1CCCN1C(=O)CN)C(=O)NC(=O)c1ccc2ccccc2c1. The van der Waals surface area contributed by atoms with Crippen LogP contribution in [0.4, 0.5) is 0 Å². The molecule has 170 valence electrons. The zero-order valence-corrected chi connectivity index (χ0v) is 18.5. The monoisotopic (exact) mass is 438 g/mol. The van der Waals surface area contributed by atoms with Crippen LogP contribution in [-0.2, 0) is 14.4 Å². The van der Waals surface area contributed by atoms with E-state index in [4.69, 9.17) is 5.73 Å². The molecule has 0 aliphatic carbocycles. The number of fused-ring (bicyclic) bond motifs is 1. The first-order chi connectivity index (χ1) is 15.3. The zero-order valence-electron chi connectivity index (χ0n) is 18.5. The van der Waals surface area contributed by atoms with Crippen molar-refractivity contribution >= 4 is 34.4 Å². The van der Waals surface area contributed by atoms with E-state index in [2.05, 4.69) is 10.6 Å². The van der Waals surface area contributed by atoms with Crippen LogP contribution in [0.5, 0.6) is 0 Å². The van der Waals surface area contributed by atoms with E-state index in [1.165, 1.54) is 4.90 Å². The quantitative estimate of drug-likeness (QED) is 0.606. The highest BCUT2D eigenvalue weighted by molar-refractivity contribution is 6.08. The minimum atomic E-state index is -0.887. The Kier molecular flexibility index (Phi) is 7.58. The standard InChI is InChI=1S/C24H30N4O4/c1-15(2)12-19(26-24(32)20-8-5-11-28(20)21(29)14-25)23(31)27-22(30)18-10-9-16-6-3-4-7-17(16)13-18/h3-4,6-7,9-10,13,15,19-20H,5,8,11-12,14,25H2,1-2H3,(H,26,32)(H,27,30,31)/t19-,20-/m0/s1. The molecule has 2 atom stereocenters. The van der Waals surface area contributed by atoms with Gasteiger partial charge in [0.25, 0.3) is 5.91 Å². The number of likely N-dealkylation sites (tertiary alicyclic amines) is 1. The molecule has 0 aromatic heterocycles. The summed E-state index contributed by atoms with van der Waals surface area (Å²) in [4.78, 5) is 51.9. The highest BCUT2D eigenvalue weighted by Crippen LogP contribution is 2.19. The van der Waals surface area contributed by atoms with Gasteiger partial charge in [0, 0.05) is 12.1 Å². The summed E-state index contributed by atoms with van der Waals surface area (Å²) in [6, 6.07) is 11.3. The van der Waals surface area contributed by atoms with Crippen molar-refractivity contribution in [1.29, 1.82) is 0 Å². The van der Waals surface area contributed by atoms with Gasteiger partial charge in [-0.1, -0.05) is 44.2 Å². The number of hydrogen-bond donors (Lipinski definition) is 3. The zero-order chi connectivity index (χ0) is 23.3. The Hall–Kier alpha value is -3.26. The van der Waals surface area contributed by atoms with Gasteiger partial charge in [0.2, 0.25) is 17.7 Å². The maximum atomic E-state index is 12.9. The number of nitrogens with zero attached hydrogens (tertiary/aromatic N) is 1. The molecule has 32 heavy (non-hydrogen) atoms. The Morgan fingerprint density at radius 1 is 1.09 bits per heavy atom. The second kappa shape index (κ2) is 10.4. The van der Waals surface area contributed by atoms with Crippen molar-refractivity contribution in [3.63, 3.8) is 0 Å². The van der Waals surface area contributed by atoms with Crippen LogP contribution in [0.2, 0.25) is 0 Å². The maximum absolute atomic E-state index is 12.9. The molecule has 3 rings (SSSR count). The van der Waals surface area contributed by atoms with Gasteiger partial charge in [-0.3, -0.25) is 24.5 Å². The molecule has 0 bridgehead atoms. The Bertz CT molecular complexity index is 1020. The Morgan fingerprint density at radius 2 is 1.81 bits per heavy atom. The van der Waals surface area contributed by atoms with Gasteiger partial charge in [-0.25, -0.2) is 0 Å². The van der Waals surface area contributed by atoms with Gasteiger partial charge >= 0.3 is 0 Å². The lowest BCUT2D eigenvalue weighted by Crippen LogP contribution is -2.54. The molecule has 1 aliphatic rings. The van der Waals surface area contributed by atoms with Crippen LogP contribution in [-0.4, -0.2) is 53.7 Å². The molecule has 0 spiro atoms. The van der Waals surface area contributed by atoms with Gasteiger partial charge in [-0.2, -0.15) is 0 Å². The smallest absolute Gasteiger partial charge is 0.257 e. The van der Waals surface area contributed by atoms with Crippen molar-refractivity contribution in [2.45, 2.75) is 45.2 Å². The molecule has 2 aromatic rings. The maximum Gasteiger partial charge on any atom is 0.257 e. The lowest BCUT2D eigenvalue weighted by Gasteiger charge is -2.26. The number of carbonyl (C=O) groups excluding carboxylic acids is 4. The Morgan fingerprint density at radius 3 is 2.50 bits per heavy atom. The number of hydrogen-bond acceptors (Lipinski definition) is 5. The second-order valence-corrected chi connectivity index (χ2v) is 8.52. The number of nitrogens with two attached hydrogens (primary N) is 1. The molecule has 8 heteroatoms. The van der Waals surface area contributed by atoms with E-state index in [0.29, 0.717) is 31.4 Å². The largest absolute Gasteiger partial charge is 0.342 e. The predicted octanol–water partition coefficient (Wildman–Crippen LogP) is 1.58. The first kappa shape index (κ1) is 23.4. The van der Waals surface area contributed by atoms with Crippen LogP contribution in [0.25, 0.3) is 10.8 Å². The number of benzene rings is 2. The summed E-state index contributed by atoms with van der Waals surface area (Å²) in [5.74, 6) is -1.68. The molecule has 0 saturated carbocycles. The highest BCUT2D eigenvalue weighted by atomic mass is 16.2. The topological polar surface area (TPSA) is 122 Å². The fraction of sp³-hybridized carbons (Fsp3) is 0.417. The van der Waals surface area contributed by atoms with Crippen molar-refractivity contribution in [1.82, 2.24) is 15.5 Å². The Balaban J connectivity index is 1.70. The summed E-state index contributed by atoms with van der Waals surface area (Å²) in [7, 11) is 0. The van der Waals surface area contributed by atoms with Crippen molar-refractivity contribution < 1.29 is 19.2 Å². The summed E-state index contributed by atoms with van der Waals surface area (Å²) in [5, 5.41) is 7.05. The first-order valence-electron chi connectivity index (χ1n) is 10.9. The van der Waals surface area contributed by atoms with Gasteiger partial charge in [0.05, 0.1) is 6.54 Å². The molecule has 0 unspecified atom stereocenters. The molecule has 1 heterocycles. The lowest BCUT2D eigenvalue weighted by molar-refractivity contribution is -0.138. The molecule has 0 radical (unpaired) electrons. The third-order valence-electron chi connectivity index (χ3n) is 5.64. The summed E-state index contributed by atoms with van der Waals surface area (Å²) >= 11 is 0. The lowest BCUT2D eigenvalue weighted by atomic mass is 10.0. The van der Waals surface area contributed by atoms with E-state index in [1.54, 1.807) is 12.1 Å². The summed E-state index contributed by atoms with van der Waals surface area (Å²) in [6.45, 7) is 4.16. The molecule has 1 saturated heterocycles. The summed E-state index contributed by atoms with van der Waals surface area (Å²) in [6.07, 6.45) is 1.58. The second-order valence-electron chi connectivity index (χ2n) is 8.52. The van der Waals surface area contributed by atoms with Crippen LogP contribution < -0.4 is 16.4 Å². The first-order valence-corrected chi connectivity index (χ1v) is 10.9. The molecule has 2 aromatic carbocycles. The van der Waals surface area contributed by atoms with Crippen LogP contribution in [0.15, 0.2) is 42.5 Å². The van der Waals surface area contributed by atoms with E-state index in [0.717, 1.165) is 10.8 Å². The van der Waals surface area contributed by atoms with Gasteiger partial charge in [0.15, 0.2) is 0 Å². The Labute approximate surface area is 187 Å². The van der Waals surface area contributed by atoms with E-state index in [1.807, 2.05) is 44.2 Å². The van der Waals surface area contributed by atoms with Gasteiger partial charge in [-0.05, 0) is 48.1 Å². The van der Waals surface area contributed by atoms with Crippen molar-refractivity contribution in [3.8, 4) is 0 Å². The van der Waals surface area contributed by atoms with Crippen molar-refractivity contribution in [3.05, 3.63) is 48.0 Å². The summed E-state index contributed by atoms with van der Waals surface area (Å²) in [5.41, 5.74) is 5.81. The normalized spacial score (nSPS) is 16.8. The molecule has 4 amide bonds. The number of imide groups is 1. The minimum absolute atomic E-state index is 0.104. The average molecular weight is 439 g/mol. The fourth-order valence-electron chi connectivity index (χ4n) is 4.03. The molecular formula is C24H30N4O4. The van der Waals surface area contributed by atoms with E-state index >= 15 is 0 Å². The average Bonchev–Trinajstić information content (AvgIpc) is 3.27. The number of carbonyl (C=O) groups is 4. The number of amides is 4.